The summed E-state index contributed by atoms with van der Waals surface area (Å²) in [5.74, 6) is -1.01. The maximum absolute atomic E-state index is 13.2. The molecule has 9 nitrogen and oxygen atoms in total. The number of halogens is 1. The minimum Gasteiger partial charge on any atom is -0.466 e. The summed E-state index contributed by atoms with van der Waals surface area (Å²) in [5.41, 5.74) is 8.45. The van der Waals surface area contributed by atoms with Crippen LogP contribution in [0.25, 0.3) is 0 Å². The number of carbonyl (C=O) groups is 2. The summed E-state index contributed by atoms with van der Waals surface area (Å²) in [6.45, 7) is 7.81. The van der Waals surface area contributed by atoms with E-state index < -0.39 is 5.91 Å². The van der Waals surface area contributed by atoms with Crippen LogP contribution in [0.4, 0.5) is 21.5 Å². The molecule has 2 aromatic carbocycles. The molecule has 0 atom stereocenters. The molecule has 1 aliphatic heterocycles. The van der Waals surface area contributed by atoms with Crippen molar-refractivity contribution in [3.05, 3.63) is 65.6 Å². The topological polar surface area (TPSA) is 124 Å². The molecule has 1 fully saturated rings. The number of esters is 1. The lowest BCUT2D eigenvalue weighted by Crippen LogP contribution is -2.46. The molecule has 2 aromatic rings. The summed E-state index contributed by atoms with van der Waals surface area (Å²) in [6.07, 6.45) is 2.34. The van der Waals surface area contributed by atoms with Crippen LogP contribution in [0.3, 0.4) is 0 Å². The number of amides is 1. The smallest absolute Gasteiger partial charge is 0.305 e. The van der Waals surface area contributed by atoms with E-state index in [9.17, 15) is 19.2 Å². The second kappa shape index (κ2) is 13.9. The molecule has 1 amide bonds. The lowest BCUT2D eigenvalue weighted by Gasteiger charge is -2.36. The number of hydrogen-bond acceptors (Lipinski definition) is 8. The molecular formula is C28H33FN6O3. The van der Waals surface area contributed by atoms with Gasteiger partial charge in [-0.05, 0) is 69.3 Å². The SMILES string of the molecule is CCOC(=O)CCCN1CCN(c2ccc(NC(=O)C(=CN)C(C)=Nc3ccc(F)cc3)cc2C#N)CC1. The van der Waals surface area contributed by atoms with Crippen LogP contribution in [0.2, 0.25) is 0 Å². The Labute approximate surface area is 222 Å². The minimum atomic E-state index is -0.469. The zero-order chi connectivity index (χ0) is 27.5. The van der Waals surface area contributed by atoms with E-state index in [2.05, 4.69) is 26.2 Å². The van der Waals surface area contributed by atoms with Crippen LogP contribution in [0.15, 0.2) is 59.2 Å². The second-order valence-electron chi connectivity index (χ2n) is 8.79. The highest BCUT2D eigenvalue weighted by molar-refractivity contribution is 6.25. The minimum absolute atomic E-state index is 0.163. The first-order valence-corrected chi connectivity index (χ1v) is 12.6. The van der Waals surface area contributed by atoms with Gasteiger partial charge in [-0.25, -0.2) is 4.39 Å². The normalized spacial score (nSPS) is 14.6. The molecule has 0 bridgehead atoms. The third kappa shape index (κ3) is 7.88. The summed E-state index contributed by atoms with van der Waals surface area (Å²) < 4.78 is 18.1. The van der Waals surface area contributed by atoms with Crippen molar-refractivity contribution in [1.29, 1.82) is 5.26 Å². The highest BCUT2D eigenvalue weighted by Crippen LogP contribution is 2.25. The monoisotopic (exact) mass is 520 g/mol. The summed E-state index contributed by atoms with van der Waals surface area (Å²) in [4.78, 5) is 33.2. The van der Waals surface area contributed by atoms with E-state index in [4.69, 9.17) is 10.5 Å². The Morgan fingerprint density at radius 2 is 1.89 bits per heavy atom. The zero-order valence-electron chi connectivity index (χ0n) is 21.7. The molecule has 1 saturated heterocycles. The van der Waals surface area contributed by atoms with Gasteiger partial charge in [0.05, 0.1) is 34.8 Å². The number of ether oxygens (including phenoxy) is 1. The number of nitrogens with zero attached hydrogens (tertiary/aromatic N) is 4. The van der Waals surface area contributed by atoms with Crippen molar-refractivity contribution in [2.24, 2.45) is 10.7 Å². The van der Waals surface area contributed by atoms with E-state index in [1.54, 1.807) is 26.0 Å². The predicted octanol–water partition coefficient (Wildman–Crippen LogP) is 3.74. The van der Waals surface area contributed by atoms with Gasteiger partial charge in [-0.2, -0.15) is 5.26 Å². The Morgan fingerprint density at radius 1 is 1.18 bits per heavy atom. The van der Waals surface area contributed by atoms with Crippen molar-refractivity contribution in [2.75, 3.05) is 49.5 Å². The number of benzene rings is 2. The number of anilines is 2. The van der Waals surface area contributed by atoms with Gasteiger partial charge in [-0.1, -0.05) is 0 Å². The van der Waals surface area contributed by atoms with Gasteiger partial charge in [0.25, 0.3) is 5.91 Å². The molecule has 0 unspecified atom stereocenters. The fourth-order valence-corrected chi connectivity index (χ4v) is 4.20. The number of nitrogens with one attached hydrogen (secondary N) is 1. The van der Waals surface area contributed by atoms with E-state index in [0.29, 0.717) is 35.7 Å². The van der Waals surface area contributed by atoms with E-state index in [0.717, 1.165) is 44.8 Å². The van der Waals surface area contributed by atoms with Crippen LogP contribution in [-0.4, -0.2) is 61.8 Å². The van der Waals surface area contributed by atoms with Crippen LogP contribution >= 0.6 is 0 Å². The number of nitrogens with two attached hydrogens (primary N) is 1. The number of carbonyl (C=O) groups excluding carboxylic acids is 2. The molecule has 0 radical (unpaired) electrons. The average molecular weight is 521 g/mol. The van der Waals surface area contributed by atoms with E-state index in [1.165, 1.54) is 30.5 Å². The first-order valence-electron chi connectivity index (χ1n) is 12.6. The Bertz CT molecular complexity index is 1230. The average Bonchev–Trinajstić information content (AvgIpc) is 2.91. The number of piperazine rings is 1. The first kappa shape index (κ1) is 28.3. The van der Waals surface area contributed by atoms with Gasteiger partial charge < -0.3 is 20.7 Å². The number of nitriles is 1. The molecule has 200 valence electrons. The highest BCUT2D eigenvalue weighted by Gasteiger charge is 2.20. The molecule has 0 aliphatic carbocycles. The highest BCUT2D eigenvalue weighted by atomic mass is 19.1. The molecule has 0 spiro atoms. The molecule has 3 N–H and O–H groups in total. The molecule has 3 rings (SSSR count). The quantitative estimate of drug-likeness (QED) is 0.278. The summed E-state index contributed by atoms with van der Waals surface area (Å²) >= 11 is 0. The van der Waals surface area contributed by atoms with Gasteiger partial charge in [0.1, 0.15) is 11.9 Å². The van der Waals surface area contributed by atoms with Gasteiger partial charge in [-0.15, -0.1) is 0 Å². The van der Waals surface area contributed by atoms with Gasteiger partial charge >= 0.3 is 5.97 Å². The molecule has 10 heteroatoms. The third-order valence-corrected chi connectivity index (χ3v) is 6.17. The maximum atomic E-state index is 13.2. The predicted molar refractivity (Wildman–Crippen MR) is 146 cm³/mol. The molecule has 1 aliphatic rings. The van der Waals surface area contributed by atoms with Crippen molar-refractivity contribution < 1.29 is 18.7 Å². The fourth-order valence-electron chi connectivity index (χ4n) is 4.20. The van der Waals surface area contributed by atoms with E-state index in [1.807, 2.05) is 6.07 Å². The zero-order valence-corrected chi connectivity index (χ0v) is 21.7. The molecule has 1 heterocycles. The lowest BCUT2D eigenvalue weighted by atomic mass is 10.1. The van der Waals surface area contributed by atoms with Crippen molar-refractivity contribution in [3.63, 3.8) is 0 Å². The first-order chi connectivity index (χ1) is 18.3. The lowest BCUT2D eigenvalue weighted by molar-refractivity contribution is -0.143. The van der Waals surface area contributed by atoms with E-state index in [-0.39, 0.29) is 17.4 Å². The van der Waals surface area contributed by atoms with Crippen LogP contribution in [0.1, 0.15) is 32.3 Å². The van der Waals surface area contributed by atoms with Crippen molar-refractivity contribution >= 4 is 34.7 Å². The van der Waals surface area contributed by atoms with Crippen LogP contribution in [-0.2, 0) is 14.3 Å². The fraction of sp³-hybridized carbons (Fsp3) is 0.357. The summed E-state index contributed by atoms with van der Waals surface area (Å²) in [6, 6.07) is 13.0. The largest absolute Gasteiger partial charge is 0.466 e. The van der Waals surface area contributed by atoms with Crippen LogP contribution < -0.4 is 16.0 Å². The number of hydrogen-bond donors (Lipinski definition) is 2. The van der Waals surface area contributed by atoms with E-state index >= 15 is 0 Å². The number of aliphatic imine (C=N–C) groups is 1. The Balaban J connectivity index is 1.60. The Morgan fingerprint density at radius 3 is 2.53 bits per heavy atom. The van der Waals surface area contributed by atoms with Gasteiger partial charge in [0, 0.05) is 44.5 Å². The second-order valence-corrected chi connectivity index (χ2v) is 8.79. The standard InChI is InChI=1S/C28H33FN6O3/c1-3-38-27(36)5-4-12-34-13-15-35(16-14-34)26-11-10-24(17-21(26)18-30)33-28(37)25(19-31)20(2)32-23-8-6-22(29)7-9-23/h6-11,17,19H,3-5,12-16,31H2,1-2H3,(H,33,37). The number of rotatable bonds is 10. The summed E-state index contributed by atoms with van der Waals surface area (Å²) in [7, 11) is 0. The Kier molecular flexibility index (Phi) is 10.4. The summed E-state index contributed by atoms with van der Waals surface area (Å²) in [5, 5.41) is 12.6. The van der Waals surface area contributed by atoms with Gasteiger partial charge in [-0.3, -0.25) is 19.5 Å². The molecule has 38 heavy (non-hydrogen) atoms. The third-order valence-electron chi connectivity index (χ3n) is 6.17. The molecule has 0 aromatic heterocycles. The van der Waals surface area contributed by atoms with Gasteiger partial charge in [0.2, 0.25) is 0 Å². The Hall–Kier alpha value is -4.23. The van der Waals surface area contributed by atoms with Crippen molar-refractivity contribution in [2.45, 2.75) is 26.7 Å². The van der Waals surface area contributed by atoms with Gasteiger partial charge in [0.15, 0.2) is 0 Å². The van der Waals surface area contributed by atoms with Crippen LogP contribution in [0, 0.1) is 17.1 Å². The maximum Gasteiger partial charge on any atom is 0.305 e. The van der Waals surface area contributed by atoms with Crippen molar-refractivity contribution in [1.82, 2.24) is 4.90 Å². The molecular weight excluding hydrogens is 487 g/mol. The molecule has 0 saturated carbocycles. The van der Waals surface area contributed by atoms with Crippen molar-refractivity contribution in [3.8, 4) is 6.07 Å². The van der Waals surface area contributed by atoms with Crippen LogP contribution in [0.5, 0.6) is 0 Å².